The summed E-state index contributed by atoms with van der Waals surface area (Å²) in [5.74, 6) is 0. The quantitative estimate of drug-likeness (QED) is 0.587. The molecule has 66 valence electrons. The molecular weight excluding hydrogens is 140 g/mol. The lowest BCUT2D eigenvalue weighted by molar-refractivity contribution is 0.0844. The van der Waals surface area contributed by atoms with Crippen molar-refractivity contribution in [1.29, 1.82) is 0 Å². The lowest BCUT2D eigenvalue weighted by Crippen LogP contribution is -2.57. The Morgan fingerprint density at radius 2 is 2.27 bits per heavy atom. The van der Waals surface area contributed by atoms with Gasteiger partial charge >= 0.3 is 0 Å². The van der Waals surface area contributed by atoms with Crippen LogP contribution in [-0.2, 0) is 0 Å². The van der Waals surface area contributed by atoms with Crippen LogP contribution in [0.3, 0.4) is 0 Å². The normalized spacial score (nSPS) is 21.8. The van der Waals surface area contributed by atoms with Crippen molar-refractivity contribution in [3.63, 3.8) is 0 Å². The molecule has 1 saturated heterocycles. The van der Waals surface area contributed by atoms with E-state index >= 15 is 0 Å². The minimum atomic E-state index is -0.152. The maximum Gasteiger partial charge on any atom is 0.0664 e. The van der Waals surface area contributed by atoms with Gasteiger partial charge in [0, 0.05) is 25.7 Å². The third-order valence-electron chi connectivity index (χ3n) is 2.35. The largest absolute Gasteiger partial charge is 0.392 e. The fourth-order valence-corrected chi connectivity index (χ4v) is 1.20. The van der Waals surface area contributed by atoms with E-state index in [2.05, 4.69) is 17.3 Å². The zero-order valence-electron chi connectivity index (χ0n) is 7.38. The van der Waals surface area contributed by atoms with Crippen molar-refractivity contribution < 1.29 is 5.11 Å². The third-order valence-corrected chi connectivity index (χ3v) is 2.35. The number of nitrogens with one attached hydrogen (secondary N) is 1. The summed E-state index contributed by atoms with van der Waals surface area (Å²) in [6, 6.07) is 0.649. The Kier molecular flexibility index (Phi) is 3.30. The van der Waals surface area contributed by atoms with Gasteiger partial charge in [-0.15, -0.1) is 0 Å². The number of likely N-dealkylation sites (N-methyl/N-ethyl adjacent to an activating group) is 1. The zero-order chi connectivity index (χ0) is 8.27. The molecule has 0 radical (unpaired) electrons. The van der Waals surface area contributed by atoms with Crippen LogP contribution in [0.25, 0.3) is 0 Å². The second-order valence-corrected chi connectivity index (χ2v) is 3.31. The van der Waals surface area contributed by atoms with Crippen LogP contribution in [0.4, 0.5) is 0 Å². The molecule has 0 aromatic heterocycles. The summed E-state index contributed by atoms with van der Waals surface area (Å²) in [4.78, 5) is 2.23. The van der Waals surface area contributed by atoms with Crippen molar-refractivity contribution in [1.82, 2.24) is 10.2 Å². The first-order valence-electron chi connectivity index (χ1n) is 4.33. The Morgan fingerprint density at radius 1 is 1.64 bits per heavy atom. The first-order valence-corrected chi connectivity index (χ1v) is 4.33. The van der Waals surface area contributed by atoms with Crippen LogP contribution in [-0.4, -0.2) is 48.8 Å². The second kappa shape index (κ2) is 4.04. The van der Waals surface area contributed by atoms with Gasteiger partial charge in [-0.1, -0.05) is 6.92 Å². The van der Waals surface area contributed by atoms with Crippen LogP contribution in [0.2, 0.25) is 0 Å². The van der Waals surface area contributed by atoms with Crippen LogP contribution < -0.4 is 5.32 Å². The first kappa shape index (κ1) is 8.97. The van der Waals surface area contributed by atoms with Gasteiger partial charge in [0.2, 0.25) is 0 Å². The van der Waals surface area contributed by atoms with Crippen LogP contribution in [0.15, 0.2) is 0 Å². The molecule has 3 nitrogen and oxygen atoms in total. The lowest BCUT2D eigenvalue weighted by Gasteiger charge is -2.36. The standard InChI is InChI=1S/C8H18N2O/c1-3-8(11)6-10(2)7-4-9-5-7/h7-9,11H,3-6H2,1-2H3/t8-/m0/s1. The topological polar surface area (TPSA) is 35.5 Å². The average molecular weight is 158 g/mol. The molecular formula is C8H18N2O. The highest BCUT2D eigenvalue weighted by molar-refractivity contribution is 4.83. The summed E-state index contributed by atoms with van der Waals surface area (Å²) in [5, 5.41) is 12.5. The van der Waals surface area contributed by atoms with Crippen molar-refractivity contribution in [2.45, 2.75) is 25.5 Å². The predicted octanol–water partition coefficient (Wildman–Crippen LogP) is -0.339. The minimum Gasteiger partial charge on any atom is -0.392 e. The highest BCUT2D eigenvalue weighted by Gasteiger charge is 2.22. The summed E-state index contributed by atoms with van der Waals surface area (Å²) >= 11 is 0. The van der Waals surface area contributed by atoms with Gasteiger partial charge in [-0.05, 0) is 13.5 Å². The Hall–Kier alpha value is -0.120. The monoisotopic (exact) mass is 158 g/mol. The Bertz CT molecular complexity index is 115. The smallest absolute Gasteiger partial charge is 0.0664 e. The fraction of sp³-hybridized carbons (Fsp3) is 1.00. The summed E-state index contributed by atoms with van der Waals surface area (Å²) in [5.41, 5.74) is 0. The van der Waals surface area contributed by atoms with Crippen molar-refractivity contribution >= 4 is 0 Å². The zero-order valence-corrected chi connectivity index (χ0v) is 7.38. The number of aliphatic hydroxyl groups is 1. The molecule has 3 heteroatoms. The number of rotatable bonds is 4. The number of hydrogen-bond donors (Lipinski definition) is 2. The SMILES string of the molecule is CC[C@H](O)CN(C)C1CNC1. The molecule has 1 heterocycles. The molecule has 0 spiro atoms. The van der Waals surface area contributed by atoms with Gasteiger partial charge in [0.1, 0.15) is 0 Å². The van der Waals surface area contributed by atoms with Gasteiger partial charge in [-0.3, -0.25) is 4.90 Å². The fourth-order valence-electron chi connectivity index (χ4n) is 1.20. The Morgan fingerprint density at radius 3 is 2.64 bits per heavy atom. The van der Waals surface area contributed by atoms with E-state index in [0.717, 1.165) is 26.1 Å². The number of nitrogens with zero attached hydrogens (tertiary/aromatic N) is 1. The first-order chi connectivity index (χ1) is 5.24. The van der Waals surface area contributed by atoms with E-state index in [0.29, 0.717) is 6.04 Å². The van der Waals surface area contributed by atoms with Crippen LogP contribution in [0.1, 0.15) is 13.3 Å². The molecule has 0 aliphatic carbocycles. The Labute approximate surface area is 68.4 Å². The lowest BCUT2D eigenvalue weighted by atomic mass is 10.1. The van der Waals surface area contributed by atoms with E-state index in [9.17, 15) is 5.11 Å². The minimum absolute atomic E-state index is 0.152. The van der Waals surface area contributed by atoms with Crippen LogP contribution in [0.5, 0.6) is 0 Å². The highest BCUT2D eigenvalue weighted by atomic mass is 16.3. The summed E-state index contributed by atoms with van der Waals surface area (Å²) in [6.45, 7) is 4.97. The molecule has 0 saturated carbocycles. The van der Waals surface area contributed by atoms with Crippen molar-refractivity contribution in [3.8, 4) is 0 Å². The van der Waals surface area contributed by atoms with Crippen LogP contribution in [0, 0.1) is 0 Å². The molecule has 2 N–H and O–H groups in total. The molecule has 1 fully saturated rings. The predicted molar refractivity (Wildman–Crippen MR) is 45.6 cm³/mol. The van der Waals surface area contributed by atoms with Gasteiger partial charge in [0.15, 0.2) is 0 Å². The van der Waals surface area contributed by atoms with Gasteiger partial charge in [0.05, 0.1) is 6.10 Å². The molecule has 0 aromatic carbocycles. The molecule has 0 amide bonds. The molecule has 11 heavy (non-hydrogen) atoms. The maximum atomic E-state index is 9.33. The molecule has 1 aliphatic rings. The van der Waals surface area contributed by atoms with E-state index in [-0.39, 0.29) is 6.10 Å². The summed E-state index contributed by atoms with van der Waals surface area (Å²) in [6.07, 6.45) is 0.699. The van der Waals surface area contributed by atoms with Crippen LogP contribution >= 0.6 is 0 Å². The van der Waals surface area contributed by atoms with E-state index in [1.807, 2.05) is 6.92 Å². The average Bonchev–Trinajstić information content (AvgIpc) is 1.83. The van der Waals surface area contributed by atoms with Crippen molar-refractivity contribution in [2.75, 3.05) is 26.7 Å². The van der Waals surface area contributed by atoms with Crippen molar-refractivity contribution in [3.05, 3.63) is 0 Å². The van der Waals surface area contributed by atoms with Gasteiger partial charge in [-0.2, -0.15) is 0 Å². The van der Waals surface area contributed by atoms with Gasteiger partial charge in [0.25, 0.3) is 0 Å². The second-order valence-electron chi connectivity index (χ2n) is 3.31. The van der Waals surface area contributed by atoms with Crippen molar-refractivity contribution in [2.24, 2.45) is 0 Å². The molecule has 0 aromatic rings. The molecule has 1 rings (SSSR count). The number of aliphatic hydroxyl groups excluding tert-OH is 1. The highest BCUT2D eigenvalue weighted by Crippen LogP contribution is 2.03. The van der Waals surface area contributed by atoms with E-state index < -0.39 is 0 Å². The molecule has 1 aliphatic heterocycles. The summed E-state index contributed by atoms with van der Waals surface area (Å²) < 4.78 is 0. The van der Waals surface area contributed by atoms with Gasteiger partial charge in [-0.25, -0.2) is 0 Å². The van der Waals surface area contributed by atoms with E-state index in [1.165, 1.54) is 0 Å². The number of hydrogen-bond acceptors (Lipinski definition) is 3. The van der Waals surface area contributed by atoms with Gasteiger partial charge < -0.3 is 10.4 Å². The Balaban J connectivity index is 2.13. The summed E-state index contributed by atoms with van der Waals surface area (Å²) in [7, 11) is 2.07. The maximum absolute atomic E-state index is 9.33. The molecule has 1 atom stereocenters. The molecule has 0 unspecified atom stereocenters. The van der Waals surface area contributed by atoms with E-state index in [4.69, 9.17) is 0 Å². The molecule has 0 bridgehead atoms. The third kappa shape index (κ3) is 2.43. The van der Waals surface area contributed by atoms with E-state index in [1.54, 1.807) is 0 Å².